The van der Waals surface area contributed by atoms with E-state index in [9.17, 15) is 0 Å². The zero-order valence-corrected chi connectivity index (χ0v) is 13.9. The molecule has 7 heteroatoms. The Bertz CT molecular complexity index is 692. The number of nitrogens with one attached hydrogen (secondary N) is 1. The van der Waals surface area contributed by atoms with Gasteiger partial charge in [-0.3, -0.25) is 0 Å². The molecule has 0 spiro atoms. The van der Waals surface area contributed by atoms with E-state index in [2.05, 4.69) is 26.4 Å². The summed E-state index contributed by atoms with van der Waals surface area (Å²) in [7, 11) is 0. The van der Waals surface area contributed by atoms with Crippen LogP contribution in [0.5, 0.6) is 0 Å². The van der Waals surface area contributed by atoms with Crippen molar-refractivity contribution in [1.82, 2.24) is 0 Å². The Labute approximate surface area is 140 Å². The molecule has 4 nitrogen and oxygen atoms in total. The molecule has 2 aromatic carbocycles. The van der Waals surface area contributed by atoms with Gasteiger partial charge in [0.15, 0.2) is 5.84 Å². The molecule has 2 rings (SSSR count). The van der Waals surface area contributed by atoms with Crippen LogP contribution >= 0.6 is 39.1 Å². The summed E-state index contributed by atoms with van der Waals surface area (Å²) in [5.41, 5.74) is 7.87. The minimum absolute atomic E-state index is 0.0242. The average Bonchev–Trinajstić information content (AvgIpc) is 2.48. The van der Waals surface area contributed by atoms with Gasteiger partial charge in [0.1, 0.15) is 0 Å². The molecule has 110 valence electrons. The Balaban J connectivity index is 2.11. The van der Waals surface area contributed by atoms with Crippen LogP contribution < -0.4 is 11.1 Å². The Morgan fingerprint density at radius 2 is 1.95 bits per heavy atom. The van der Waals surface area contributed by atoms with Gasteiger partial charge in [-0.25, -0.2) is 0 Å². The van der Waals surface area contributed by atoms with E-state index in [1.807, 2.05) is 24.3 Å². The summed E-state index contributed by atoms with van der Waals surface area (Å²) in [6, 6.07) is 10.8. The Morgan fingerprint density at radius 1 is 1.19 bits per heavy atom. The Kier molecular flexibility index (Phi) is 5.33. The van der Waals surface area contributed by atoms with E-state index in [1.54, 1.807) is 12.1 Å². The van der Waals surface area contributed by atoms with Gasteiger partial charge in [-0.2, -0.15) is 0 Å². The maximum absolute atomic E-state index is 8.64. The maximum Gasteiger partial charge on any atom is 0.170 e. The Hall–Kier alpha value is -1.43. The molecule has 2 aromatic rings. The lowest BCUT2D eigenvalue weighted by Gasteiger charge is -2.10. The van der Waals surface area contributed by atoms with Crippen molar-refractivity contribution < 1.29 is 5.21 Å². The second-order valence-electron chi connectivity index (χ2n) is 4.27. The van der Waals surface area contributed by atoms with Crippen LogP contribution in [0.15, 0.2) is 46.0 Å². The monoisotopic (exact) mass is 387 g/mol. The largest absolute Gasteiger partial charge is 0.409 e. The fourth-order valence-corrected chi connectivity index (χ4v) is 2.39. The number of hydrogen-bond acceptors (Lipinski definition) is 3. The van der Waals surface area contributed by atoms with Gasteiger partial charge in [0.05, 0.1) is 5.02 Å². The number of rotatable bonds is 4. The van der Waals surface area contributed by atoms with E-state index in [-0.39, 0.29) is 5.84 Å². The molecule has 0 bridgehead atoms. The zero-order valence-electron chi connectivity index (χ0n) is 10.8. The van der Waals surface area contributed by atoms with Crippen molar-refractivity contribution in [3.05, 3.63) is 62.0 Å². The van der Waals surface area contributed by atoms with Crippen molar-refractivity contribution in [3.63, 3.8) is 0 Å². The van der Waals surface area contributed by atoms with Crippen molar-refractivity contribution in [2.45, 2.75) is 6.54 Å². The molecule has 21 heavy (non-hydrogen) atoms. The summed E-state index contributed by atoms with van der Waals surface area (Å²) in [6.45, 7) is 0.535. The molecule has 0 aromatic heterocycles. The number of anilines is 1. The van der Waals surface area contributed by atoms with Gasteiger partial charge in [0.2, 0.25) is 0 Å². The van der Waals surface area contributed by atoms with E-state index in [0.29, 0.717) is 22.2 Å². The topological polar surface area (TPSA) is 70.6 Å². The second-order valence-corrected chi connectivity index (χ2v) is 5.94. The SMILES string of the molecule is N/C(=N/O)c1ccc(CNc2ccc(Br)c(Cl)c2)c(Cl)c1. The normalized spacial score (nSPS) is 11.5. The predicted octanol–water partition coefficient (Wildman–Crippen LogP) is 4.46. The molecular formula is C14H12BrCl2N3O. The molecule has 0 aliphatic rings. The van der Waals surface area contributed by atoms with Crippen molar-refractivity contribution in [3.8, 4) is 0 Å². The van der Waals surface area contributed by atoms with Crippen LogP contribution in [0.2, 0.25) is 10.0 Å². The highest BCUT2D eigenvalue weighted by atomic mass is 79.9. The summed E-state index contributed by atoms with van der Waals surface area (Å²) >= 11 is 15.6. The first kappa shape index (κ1) is 15.9. The highest BCUT2D eigenvalue weighted by Gasteiger charge is 2.06. The fourth-order valence-electron chi connectivity index (χ4n) is 1.71. The molecule has 0 saturated carbocycles. The summed E-state index contributed by atoms with van der Waals surface area (Å²) in [6.07, 6.45) is 0. The van der Waals surface area contributed by atoms with Crippen LogP contribution in [0.4, 0.5) is 5.69 Å². The van der Waals surface area contributed by atoms with Crippen molar-refractivity contribution >= 4 is 50.7 Å². The van der Waals surface area contributed by atoms with Crippen LogP contribution in [0.1, 0.15) is 11.1 Å². The molecule has 0 saturated heterocycles. The van der Waals surface area contributed by atoms with Crippen LogP contribution in [0.3, 0.4) is 0 Å². The smallest absolute Gasteiger partial charge is 0.170 e. The minimum Gasteiger partial charge on any atom is -0.409 e. The molecule has 0 atom stereocenters. The second kappa shape index (κ2) is 7.02. The summed E-state index contributed by atoms with van der Waals surface area (Å²) in [4.78, 5) is 0. The van der Waals surface area contributed by atoms with Crippen molar-refractivity contribution in [2.24, 2.45) is 10.9 Å². The number of halogens is 3. The molecule has 4 N–H and O–H groups in total. The molecule has 0 aliphatic heterocycles. The number of amidine groups is 1. The maximum atomic E-state index is 8.64. The zero-order chi connectivity index (χ0) is 15.4. The van der Waals surface area contributed by atoms with Gasteiger partial charge in [-0.1, -0.05) is 40.5 Å². The van der Waals surface area contributed by atoms with E-state index >= 15 is 0 Å². The molecular weight excluding hydrogens is 377 g/mol. The minimum atomic E-state index is 0.0242. The van der Waals surface area contributed by atoms with E-state index in [1.165, 1.54) is 0 Å². The third-order valence-electron chi connectivity index (χ3n) is 2.86. The number of oxime groups is 1. The predicted molar refractivity (Wildman–Crippen MR) is 90.4 cm³/mol. The average molecular weight is 389 g/mol. The number of hydrogen-bond donors (Lipinski definition) is 3. The number of benzene rings is 2. The molecule has 0 aliphatic carbocycles. The standard InChI is InChI=1S/C14H12BrCl2N3O/c15-11-4-3-10(6-13(11)17)19-7-9-2-1-8(5-12(9)16)14(18)20-21/h1-6,19,21H,7H2,(H2,18,20). The van der Waals surface area contributed by atoms with Crippen molar-refractivity contribution in [2.75, 3.05) is 5.32 Å². The molecule has 0 radical (unpaired) electrons. The summed E-state index contributed by atoms with van der Waals surface area (Å²) in [5, 5.41) is 16.0. The molecule has 0 unspecified atom stereocenters. The lowest BCUT2D eigenvalue weighted by Crippen LogP contribution is -2.13. The van der Waals surface area contributed by atoms with Crippen molar-refractivity contribution in [1.29, 1.82) is 0 Å². The van der Waals surface area contributed by atoms with Crippen LogP contribution in [0, 0.1) is 0 Å². The quantitative estimate of drug-likeness (QED) is 0.313. The lowest BCUT2D eigenvalue weighted by molar-refractivity contribution is 0.318. The molecule has 0 fully saturated rings. The number of nitrogens with two attached hydrogens (primary N) is 1. The van der Waals surface area contributed by atoms with E-state index in [0.717, 1.165) is 15.7 Å². The van der Waals surface area contributed by atoms with Gasteiger partial charge >= 0.3 is 0 Å². The van der Waals surface area contributed by atoms with E-state index < -0.39 is 0 Å². The van der Waals surface area contributed by atoms with Gasteiger partial charge in [0, 0.05) is 27.3 Å². The first-order valence-electron chi connectivity index (χ1n) is 5.96. The van der Waals surface area contributed by atoms with Gasteiger partial charge < -0.3 is 16.3 Å². The van der Waals surface area contributed by atoms with Crippen LogP contribution in [-0.2, 0) is 6.54 Å². The van der Waals surface area contributed by atoms with Crippen LogP contribution in [0.25, 0.3) is 0 Å². The third kappa shape index (κ3) is 4.03. The summed E-state index contributed by atoms with van der Waals surface area (Å²) in [5.74, 6) is 0.0242. The molecule has 0 amide bonds. The van der Waals surface area contributed by atoms with E-state index in [4.69, 9.17) is 34.1 Å². The lowest BCUT2D eigenvalue weighted by atomic mass is 10.1. The first-order chi connectivity index (χ1) is 10.0. The third-order valence-corrected chi connectivity index (χ3v) is 4.44. The number of nitrogens with zero attached hydrogens (tertiary/aromatic N) is 1. The Morgan fingerprint density at radius 3 is 2.57 bits per heavy atom. The van der Waals surface area contributed by atoms with Gasteiger partial charge in [-0.15, -0.1) is 0 Å². The van der Waals surface area contributed by atoms with Gasteiger partial charge in [0.25, 0.3) is 0 Å². The summed E-state index contributed by atoms with van der Waals surface area (Å²) < 4.78 is 0.843. The highest BCUT2D eigenvalue weighted by molar-refractivity contribution is 9.10. The fraction of sp³-hybridized carbons (Fsp3) is 0.0714. The van der Waals surface area contributed by atoms with Crippen LogP contribution in [-0.4, -0.2) is 11.0 Å². The first-order valence-corrected chi connectivity index (χ1v) is 7.51. The highest BCUT2D eigenvalue weighted by Crippen LogP contribution is 2.26. The molecule has 0 heterocycles. The van der Waals surface area contributed by atoms with Gasteiger partial charge in [-0.05, 0) is 45.8 Å².